The third-order valence-corrected chi connectivity index (χ3v) is 3.19. The van der Waals surface area contributed by atoms with Crippen LogP contribution in [0, 0.1) is 0 Å². The molecule has 0 saturated heterocycles. The lowest BCUT2D eigenvalue weighted by Crippen LogP contribution is -2.09. The summed E-state index contributed by atoms with van der Waals surface area (Å²) in [6.45, 7) is 4.10. The van der Waals surface area contributed by atoms with Gasteiger partial charge < -0.3 is 5.11 Å². The molecular formula is C15H14N4O2. The Balaban J connectivity index is 2.26. The van der Waals surface area contributed by atoms with Crippen molar-refractivity contribution in [2.24, 2.45) is 0 Å². The zero-order valence-corrected chi connectivity index (χ0v) is 11.7. The lowest BCUT2D eigenvalue weighted by Gasteiger charge is -2.07. The van der Waals surface area contributed by atoms with Crippen molar-refractivity contribution in [3.05, 3.63) is 48.0 Å². The third kappa shape index (κ3) is 2.35. The average molecular weight is 282 g/mol. The molecule has 0 aliphatic heterocycles. The highest BCUT2D eigenvalue weighted by Crippen LogP contribution is 2.20. The number of aromatic carboxylic acids is 1. The fourth-order valence-corrected chi connectivity index (χ4v) is 2.09. The van der Waals surface area contributed by atoms with Gasteiger partial charge in [0.25, 0.3) is 0 Å². The molecule has 1 aromatic carbocycles. The number of nitrogens with zero attached hydrogens (tertiary/aromatic N) is 4. The van der Waals surface area contributed by atoms with Crippen molar-refractivity contribution in [3.8, 4) is 5.82 Å². The predicted octanol–water partition coefficient (Wildman–Crippen LogP) is 2.64. The van der Waals surface area contributed by atoms with Crippen molar-refractivity contribution in [1.82, 2.24) is 19.7 Å². The number of carboxylic acid groups (broad SMARTS) is 1. The van der Waals surface area contributed by atoms with Gasteiger partial charge >= 0.3 is 5.97 Å². The quantitative estimate of drug-likeness (QED) is 0.798. The van der Waals surface area contributed by atoms with Crippen LogP contribution in [0.5, 0.6) is 0 Å². The van der Waals surface area contributed by atoms with Gasteiger partial charge in [-0.05, 0) is 24.1 Å². The number of carboxylic acids is 1. The van der Waals surface area contributed by atoms with Gasteiger partial charge in [0.05, 0.1) is 11.2 Å². The largest absolute Gasteiger partial charge is 0.475 e. The zero-order valence-electron chi connectivity index (χ0n) is 11.7. The van der Waals surface area contributed by atoms with Crippen molar-refractivity contribution in [3.63, 3.8) is 0 Å². The minimum absolute atomic E-state index is 0.231. The molecule has 3 rings (SSSR count). The molecule has 0 bridgehead atoms. The van der Waals surface area contributed by atoms with Gasteiger partial charge in [0.1, 0.15) is 0 Å². The lowest BCUT2D eigenvalue weighted by atomic mass is 10.1. The molecule has 2 aromatic heterocycles. The van der Waals surface area contributed by atoms with E-state index in [0.29, 0.717) is 17.3 Å². The van der Waals surface area contributed by atoms with Gasteiger partial charge in [-0.2, -0.15) is 5.10 Å². The number of rotatable bonds is 3. The van der Waals surface area contributed by atoms with Crippen LogP contribution in [0.25, 0.3) is 16.7 Å². The fourth-order valence-electron chi connectivity index (χ4n) is 2.09. The van der Waals surface area contributed by atoms with E-state index in [1.54, 1.807) is 16.9 Å². The highest BCUT2D eigenvalue weighted by Gasteiger charge is 2.15. The Bertz CT molecular complexity index is 823. The number of para-hydroxylation sites is 1. The first-order chi connectivity index (χ1) is 10.1. The molecule has 106 valence electrons. The van der Waals surface area contributed by atoms with E-state index >= 15 is 0 Å². The van der Waals surface area contributed by atoms with Crippen LogP contribution in [0.2, 0.25) is 0 Å². The van der Waals surface area contributed by atoms with Gasteiger partial charge in [-0.1, -0.05) is 26.0 Å². The van der Waals surface area contributed by atoms with Gasteiger partial charge in [-0.3, -0.25) is 0 Å². The molecule has 6 nitrogen and oxygen atoms in total. The first-order valence-corrected chi connectivity index (χ1v) is 6.62. The van der Waals surface area contributed by atoms with Crippen LogP contribution in [-0.2, 0) is 0 Å². The molecule has 0 spiro atoms. The Morgan fingerprint density at radius 3 is 2.62 bits per heavy atom. The summed E-state index contributed by atoms with van der Waals surface area (Å²) in [7, 11) is 0. The summed E-state index contributed by atoms with van der Waals surface area (Å²) in [4.78, 5) is 19.4. The standard InChI is InChI=1S/C15H14N4O2/c1-9(2)11-7-8-19(18-11)14-10-5-3-4-6-12(10)16-13(17-14)15(20)21/h3-9H,1-2H3,(H,20,21). The molecule has 0 saturated carbocycles. The maximum Gasteiger partial charge on any atom is 0.374 e. The van der Waals surface area contributed by atoms with Crippen LogP contribution in [0.15, 0.2) is 36.5 Å². The number of hydrogen-bond donors (Lipinski definition) is 1. The molecule has 1 N–H and O–H groups in total. The number of aromatic nitrogens is 4. The molecule has 0 unspecified atom stereocenters. The summed E-state index contributed by atoms with van der Waals surface area (Å²) in [5.41, 5.74) is 1.51. The van der Waals surface area contributed by atoms with Crippen LogP contribution in [0.4, 0.5) is 0 Å². The van der Waals surface area contributed by atoms with Crippen LogP contribution in [0.3, 0.4) is 0 Å². The van der Waals surface area contributed by atoms with Gasteiger partial charge in [0.15, 0.2) is 5.82 Å². The molecule has 2 heterocycles. The minimum Gasteiger partial charge on any atom is -0.475 e. The first-order valence-electron chi connectivity index (χ1n) is 6.62. The van der Waals surface area contributed by atoms with E-state index in [2.05, 4.69) is 15.1 Å². The number of carbonyl (C=O) groups is 1. The molecule has 21 heavy (non-hydrogen) atoms. The molecule has 6 heteroatoms. The highest BCUT2D eigenvalue weighted by atomic mass is 16.4. The van der Waals surface area contributed by atoms with E-state index < -0.39 is 5.97 Å². The summed E-state index contributed by atoms with van der Waals surface area (Å²) in [5.74, 6) is -0.619. The number of hydrogen-bond acceptors (Lipinski definition) is 4. The van der Waals surface area contributed by atoms with Crippen LogP contribution < -0.4 is 0 Å². The van der Waals surface area contributed by atoms with Crippen LogP contribution in [0.1, 0.15) is 36.1 Å². The molecule has 0 aliphatic rings. The lowest BCUT2D eigenvalue weighted by molar-refractivity contribution is 0.0684. The Kier molecular flexibility index (Phi) is 3.13. The van der Waals surface area contributed by atoms with Gasteiger partial charge in [0, 0.05) is 11.6 Å². The Hall–Kier alpha value is -2.76. The van der Waals surface area contributed by atoms with Gasteiger partial charge in [0.2, 0.25) is 5.82 Å². The summed E-state index contributed by atoms with van der Waals surface area (Å²) in [6, 6.07) is 9.20. The molecule has 0 fully saturated rings. The van der Waals surface area contributed by atoms with Crippen molar-refractivity contribution in [2.75, 3.05) is 0 Å². The van der Waals surface area contributed by atoms with Crippen LogP contribution >= 0.6 is 0 Å². The Labute approximate surface area is 121 Å². The average Bonchev–Trinajstić information content (AvgIpc) is 2.96. The number of benzene rings is 1. The van der Waals surface area contributed by atoms with Crippen molar-refractivity contribution in [1.29, 1.82) is 0 Å². The Morgan fingerprint density at radius 1 is 1.19 bits per heavy atom. The fraction of sp³-hybridized carbons (Fsp3) is 0.200. The molecule has 0 radical (unpaired) electrons. The molecule has 3 aromatic rings. The molecular weight excluding hydrogens is 268 g/mol. The first kappa shape index (κ1) is 13.2. The summed E-state index contributed by atoms with van der Waals surface area (Å²) < 4.78 is 1.60. The minimum atomic E-state index is -1.15. The van der Waals surface area contributed by atoms with Crippen molar-refractivity contribution < 1.29 is 9.90 Å². The topological polar surface area (TPSA) is 80.9 Å². The van der Waals surface area contributed by atoms with Crippen LogP contribution in [-0.4, -0.2) is 30.8 Å². The van der Waals surface area contributed by atoms with E-state index in [9.17, 15) is 4.79 Å². The SMILES string of the molecule is CC(C)c1ccn(-c2nc(C(=O)O)nc3ccccc23)n1. The maximum atomic E-state index is 11.2. The van der Waals surface area contributed by atoms with E-state index in [0.717, 1.165) is 11.1 Å². The summed E-state index contributed by atoms with van der Waals surface area (Å²) >= 11 is 0. The smallest absolute Gasteiger partial charge is 0.374 e. The Morgan fingerprint density at radius 2 is 1.95 bits per heavy atom. The molecule has 0 aliphatic carbocycles. The van der Waals surface area contributed by atoms with E-state index in [-0.39, 0.29) is 5.82 Å². The van der Waals surface area contributed by atoms with E-state index in [1.165, 1.54) is 0 Å². The maximum absolute atomic E-state index is 11.2. The zero-order chi connectivity index (χ0) is 15.0. The van der Waals surface area contributed by atoms with Crippen molar-refractivity contribution in [2.45, 2.75) is 19.8 Å². The predicted molar refractivity (Wildman–Crippen MR) is 77.7 cm³/mol. The number of fused-ring (bicyclic) bond motifs is 1. The second-order valence-electron chi connectivity index (χ2n) is 5.03. The monoisotopic (exact) mass is 282 g/mol. The van der Waals surface area contributed by atoms with E-state index in [1.807, 2.05) is 38.1 Å². The highest BCUT2D eigenvalue weighted by molar-refractivity contribution is 5.91. The molecule has 0 atom stereocenters. The second-order valence-corrected chi connectivity index (χ2v) is 5.03. The van der Waals surface area contributed by atoms with E-state index in [4.69, 9.17) is 5.11 Å². The second kappa shape index (κ2) is 4.97. The summed E-state index contributed by atoms with van der Waals surface area (Å²) in [5, 5.41) is 14.4. The summed E-state index contributed by atoms with van der Waals surface area (Å²) in [6.07, 6.45) is 1.79. The third-order valence-electron chi connectivity index (χ3n) is 3.19. The normalized spacial score (nSPS) is 11.2. The van der Waals surface area contributed by atoms with Gasteiger partial charge in [-0.15, -0.1) is 0 Å². The van der Waals surface area contributed by atoms with Crippen molar-refractivity contribution >= 4 is 16.9 Å². The molecule has 0 amide bonds. The van der Waals surface area contributed by atoms with Gasteiger partial charge in [-0.25, -0.2) is 19.4 Å².